The van der Waals surface area contributed by atoms with E-state index in [1.807, 2.05) is 48.0 Å². The first-order chi connectivity index (χ1) is 13.5. The quantitative estimate of drug-likeness (QED) is 0.641. The molecule has 0 spiro atoms. The summed E-state index contributed by atoms with van der Waals surface area (Å²) in [6.07, 6.45) is 0. The summed E-state index contributed by atoms with van der Waals surface area (Å²) in [6.45, 7) is 2.04. The summed E-state index contributed by atoms with van der Waals surface area (Å²) in [5.74, 6) is 0.720. The molecule has 2 N–H and O–H groups in total. The number of hydrogen-bond donors (Lipinski definition) is 2. The van der Waals surface area contributed by atoms with Crippen LogP contribution >= 0.6 is 23.4 Å². The summed E-state index contributed by atoms with van der Waals surface area (Å²) >= 11 is 7.50. The van der Waals surface area contributed by atoms with Gasteiger partial charge in [-0.2, -0.15) is 0 Å². The highest BCUT2D eigenvalue weighted by molar-refractivity contribution is 8.00. The number of amides is 1. The first-order valence-electron chi connectivity index (χ1n) is 8.87. The molecule has 0 aliphatic carbocycles. The Morgan fingerprint density at radius 3 is 2.50 bits per heavy atom. The van der Waals surface area contributed by atoms with Crippen LogP contribution in [-0.2, 0) is 4.79 Å². The SMILES string of the molecule is COc1ccc([C@H]2Nn3c(C)ccc3S[C@H]2C(=O)Nc2ccc(Cl)cc2)cc1. The molecule has 0 saturated heterocycles. The Labute approximate surface area is 173 Å². The molecule has 2 heterocycles. The molecular weight excluding hydrogens is 394 g/mol. The van der Waals surface area contributed by atoms with E-state index in [0.29, 0.717) is 5.02 Å². The summed E-state index contributed by atoms with van der Waals surface area (Å²) in [5.41, 5.74) is 6.33. The summed E-state index contributed by atoms with van der Waals surface area (Å²) < 4.78 is 7.29. The Morgan fingerprint density at radius 1 is 1.11 bits per heavy atom. The molecule has 2 aromatic carbocycles. The molecule has 0 unspecified atom stereocenters. The Balaban J connectivity index is 1.64. The Morgan fingerprint density at radius 2 is 1.82 bits per heavy atom. The van der Waals surface area contributed by atoms with Gasteiger partial charge in [0.15, 0.2) is 0 Å². The number of aromatic nitrogens is 1. The van der Waals surface area contributed by atoms with E-state index in [-0.39, 0.29) is 17.2 Å². The van der Waals surface area contributed by atoms with E-state index >= 15 is 0 Å². The lowest BCUT2D eigenvalue weighted by Gasteiger charge is -2.34. The third-order valence-electron chi connectivity index (χ3n) is 4.70. The second kappa shape index (κ2) is 7.81. The number of benzene rings is 2. The molecule has 5 nitrogen and oxygen atoms in total. The number of carbonyl (C=O) groups is 1. The normalized spacial score (nSPS) is 18.1. The third kappa shape index (κ3) is 3.70. The summed E-state index contributed by atoms with van der Waals surface area (Å²) in [6, 6.07) is 18.8. The van der Waals surface area contributed by atoms with Gasteiger partial charge in [0.2, 0.25) is 5.91 Å². The predicted octanol–water partition coefficient (Wildman–Crippen LogP) is 4.86. The number of halogens is 1. The maximum Gasteiger partial charge on any atom is 0.240 e. The number of fused-ring (bicyclic) bond motifs is 1. The van der Waals surface area contributed by atoms with Gasteiger partial charge < -0.3 is 15.5 Å². The maximum absolute atomic E-state index is 13.1. The van der Waals surface area contributed by atoms with Crippen LogP contribution in [0.1, 0.15) is 17.3 Å². The van der Waals surface area contributed by atoms with Gasteiger partial charge in [0, 0.05) is 16.4 Å². The molecule has 7 heteroatoms. The molecular formula is C21H20ClN3O2S. The van der Waals surface area contributed by atoms with Crippen molar-refractivity contribution in [3.63, 3.8) is 0 Å². The van der Waals surface area contributed by atoms with Crippen molar-refractivity contribution in [3.8, 4) is 5.75 Å². The standard InChI is InChI=1S/C21H20ClN3O2S/c1-13-3-12-18-25(13)24-19(14-4-10-17(27-2)11-5-14)20(28-18)21(26)23-16-8-6-15(22)7-9-16/h3-12,19-20,24H,1-2H3,(H,23,26)/t19-,20-/m1/s1. The number of hydrogen-bond acceptors (Lipinski definition) is 4. The number of thioether (sulfide) groups is 1. The number of methoxy groups -OCH3 is 1. The van der Waals surface area contributed by atoms with Crippen LogP contribution in [0.5, 0.6) is 5.75 Å². The lowest BCUT2D eigenvalue weighted by Crippen LogP contribution is -2.41. The van der Waals surface area contributed by atoms with Gasteiger partial charge in [-0.15, -0.1) is 0 Å². The van der Waals surface area contributed by atoms with E-state index in [2.05, 4.69) is 10.7 Å². The van der Waals surface area contributed by atoms with Crippen molar-refractivity contribution in [2.75, 3.05) is 17.9 Å². The van der Waals surface area contributed by atoms with E-state index in [0.717, 1.165) is 27.7 Å². The lowest BCUT2D eigenvalue weighted by molar-refractivity contribution is -0.116. The molecule has 0 saturated carbocycles. The minimum absolute atomic E-state index is 0.0641. The molecule has 2 atom stereocenters. The van der Waals surface area contributed by atoms with Crippen LogP contribution in [0.15, 0.2) is 65.7 Å². The average Bonchev–Trinajstić information content (AvgIpc) is 3.09. The molecule has 1 amide bonds. The molecule has 0 fully saturated rings. The number of nitrogens with one attached hydrogen (secondary N) is 2. The molecule has 0 bridgehead atoms. The second-order valence-electron chi connectivity index (χ2n) is 6.56. The highest BCUT2D eigenvalue weighted by Crippen LogP contribution is 2.39. The average molecular weight is 414 g/mol. The number of anilines is 1. The number of aryl methyl sites for hydroxylation is 1. The van der Waals surface area contributed by atoms with E-state index in [9.17, 15) is 4.79 Å². The number of carbonyl (C=O) groups excluding carboxylic acids is 1. The summed E-state index contributed by atoms with van der Waals surface area (Å²) in [7, 11) is 1.64. The smallest absolute Gasteiger partial charge is 0.240 e. The van der Waals surface area contributed by atoms with E-state index in [1.165, 1.54) is 0 Å². The fourth-order valence-corrected chi connectivity index (χ4v) is 4.54. The highest BCUT2D eigenvalue weighted by Gasteiger charge is 2.36. The zero-order valence-corrected chi connectivity index (χ0v) is 17.1. The van der Waals surface area contributed by atoms with Gasteiger partial charge in [-0.25, -0.2) is 0 Å². The van der Waals surface area contributed by atoms with Gasteiger partial charge in [0.05, 0.1) is 18.2 Å². The molecule has 0 radical (unpaired) electrons. The van der Waals surface area contributed by atoms with Gasteiger partial charge in [-0.1, -0.05) is 35.5 Å². The zero-order chi connectivity index (χ0) is 19.7. The highest BCUT2D eigenvalue weighted by atomic mass is 35.5. The van der Waals surface area contributed by atoms with Gasteiger partial charge in [-0.05, 0) is 61.0 Å². The number of nitrogens with zero attached hydrogens (tertiary/aromatic N) is 1. The van der Waals surface area contributed by atoms with Crippen LogP contribution in [0.3, 0.4) is 0 Å². The van der Waals surface area contributed by atoms with Gasteiger partial charge >= 0.3 is 0 Å². The van der Waals surface area contributed by atoms with Crippen molar-refractivity contribution in [3.05, 3.63) is 76.9 Å². The molecule has 28 heavy (non-hydrogen) atoms. The van der Waals surface area contributed by atoms with Crippen LogP contribution in [0, 0.1) is 6.92 Å². The van der Waals surface area contributed by atoms with Crippen molar-refractivity contribution < 1.29 is 9.53 Å². The summed E-state index contributed by atoms with van der Waals surface area (Å²) in [4.78, 5) is 13.1. The van der Waals surface area contributed by atoms with Crippen LogP contribution in [0.25, 0.3) is 0 Å². The summed E-state index contributed by atoms with van der Waals surface area (Å²) in [5, 5.41) is 4.31. The zero-order valence-electron chi connectivity index (χ0n) is 15.5. The third-order valence-corrected chi connectivity index (χ3v) is 6.26. The molecule has 144 valence electrons. The van der Waals surface area contributed by atoms with Crippen LogP contribution < -0.4 is 15.5 Å². The molecule has 3 aromatic rings. The predicted molar refractivity (Wildman–Crippen MR) is 114 cm³/mol. The van der Waals surface area contributed by atoms with E-state index in [1.54, 1.807) is 43.1 Å². The number of rotatable bonds is 4. The fraction of sp³-hybridized carbons (Fsp3) is 0.190. The molecule has 1 aliphatic rings. The monoisotopic (exact) mass is 413 g/mol. The van der Waals surface area contributed by atoms with Crippen molar-refractivity contribution in [1.82, 2.24) is 4.68 Å². The molecule has 1 aromatic heterocycles. The van der Waals surface area contributed by atoms with Crippen LogP contribution in [0.2, 0.25) is 5.02 Å². The van der Waals surface area contributed by atoms with Gasteiger partial charge in [0.1, 0.15) is 11.0 Å². The van der Waals surface area contributed by atoms with Crippen molar-refractivity contribution in [2.45, 2.75) is 23.2 Å². The molecule has 4 rings (SSSR count). The minimum atomic E-state index is -0.342. The van der Waals surface area contributed by atoms with E-state index in [4.69, 9.17) is 16.3 Å². The van der Waals surface area contributed by atoms with Crippen LogP contribution in [-0.4, -0.2) is 22.9 Å². The topological polar surface area (TPSA) is 55.3 Å². The Bertz CT molecular complexity index is 986. The number of ether oxygens (including phenoxy) is 1. The minimum Gasteiger partial charge on any atom is -0.497 e. The second-order valence-corrected chi connectivity index (χ2v) is 8.16. The van der Waals surface area contributed by atoms with E-state index < -0.39 is 0 Å². The Hall–Kier alpha value is -2.57. The first-order valence-corrected chi connectivity index (χ1v) is 10.1. The molecule has 1 aliphatic heterocycles. The lowest BCUT2D eigenvalue weighted by atomic mass is 10.0. The van der Waals surface area contributed by atoms with Gasteiger partial charge in [0.25, 0.3) is 0 Å². The van der Waals surface area contributed by atoms with Gasteiger partial charge in [-0.3, -0.25) is 9.47 Å². The van der Waals surface area contributed by atoms with Crippen molar-refractivity contribution >= 4 is 35.0 Å². The van der Waals surface area contributed by atoms with Crippen molar-refractivity contribution in [2.24, 2.45) is 0 Å². The fourth-order valence-electron chi connectivity index (χ4n) is 3.19. The first kappa shape index (κ1) is 18.8. The maximum atomic E-state index is 13.1. The Kier molecular flexibility index (Phi) is 5.24. The largest absolute Gasteiger partial charge is 0.497 e. The van der Waals surface area contributed by atoms with Crippen molar-refractivity contribution in [1.29, 1.82) is 0 Å². The van der Waals surface area contributed by atoms with Crippen LogP contribution in [0.4, 0.5) is 5.69 Å².